The molecule has 1 fully saturated rings. The maximum atomic E-state index is 13.5. The highest BCUT2D eigenvalue weighted by Gasteiger charge is 2.42. The van der Waals surface area contributed by atoms with Crippen LogP contribution in [0.3, 0.4) is 0 Å². The number of allylic oxidation sites excluding steroid dienone is 1. The lowest BCUT2D eigenvalue weighted by Crippen LogP contribution is -2.48. The summed E-state index contributed by atoms with van der Waals surface area (Å²) in [6, 6.07) is 10.4. The molecule has 1 atom stereocenters. The molecule has 2 aromatic carbocycles. The first-order chi connectivity index (χ1) is 16.9. The summed E-state index contributed by atoms with van der Waals surface area (Å²) in [4.78, 5) is 15.5. The van der Waals surface area contributed by atoms with Gasteiger partial charge in [-0.25, -0.2) is 13.2 Å². The van der Waals surface area contributed by atoms with E-state index in [0.29, 0.717) is 12.8 Å². The zero-order valence-electron chi connectivity index (χ0n) is 19.4. The lowest BCUT2D eigenvalue weighted by atomic mass is 9.93. The largest absolute Gasteiger partial charge is 0.416 e. The molecule has 1 aliphatic carbocycles. The van der Waals surface area contributed by atoms with Gasteiger partial charge in [0.2, 0.25) is 0 Å². The molecular weight excluding hydrogens is 493 g/mol. The number of rotatable bonds is 4. The Morgan fingerprint density at radius 1 is 1.06 bits per heavy atom. The summed E-state index contributed by atoms with van der Waals surface area (Å²) < 4.78 is 66.7. The van der Waals surface area contributed by atoms with Gasteiger partial charge in [0.1, 0.15) is 0 Å². The Morgan fingerprint density at radius 3 is 2.31 bits per heavy atom. The predicted octanol–water partition coefficient (Wildman–Crippen LogP) is 5.31. The van der Waals surface area contributed by atoms with E-state index in [0.717, 1.165) is 28.4 Å². The van der Waals surface area contributed by atoms with Crippen LogP contribution in [-0.2, 0) is 16.0 Å². The molecule has 2 aromatic rings. The number of sulfone groups is 1. The van der Waals surface area contributed by atoms with Gasteiger partial charge in [-0.05, 0) is 55.7 Å². The highest BCUT2D eigenvalue weighted by Crippen LogP contribution is 2.43. The van der Waals surface area contributed by atoms with Crippen LogP contribution in [0.2, 0.25) is 0 Å². The summed E-state index contributed by atoms with van der Waals surface area (Å²) in [5.74, 6) is 0. The zero-order chi connectivity index (χ0) is 26.4. The van der Waals surface area contributed by atoms with Crippen LogP contribution < -0.4 is 4.90 Å². The molecule has 1 saturated carbocycles. The van der Waals surface area contributed by atoms with Crippen LogP contribution in [0.25, 0.3) is 0 Å². The van der Waals surface area contributed by atoms with E-state index in [1.165, 1.54) is 44.3 Å². The number of alkyl halides is 3. The van der Waals surface area contributed by atoms with Gasteiger partial charge in [-0.3, -0.25) is 4.90 Å². The third-order valence-corrected chi connectivity index (χ3v) is 8.98. The zero-order valence-corrected chi connectivity index (χ0v) is 20.2. The second kappa shape index (κ2) is 8.99. The van der Waals surface area contributed by atoms with Crippen molar-refractivity contribution in [2.45, 2.75) is 48.5 Å². The number of hydrogen-bond donors (Lipinski definition) is 0. The molecule has 0 radical (unpaired) electrons. The van der Waals surface area contributed by atoms with Crippen LogP contribution in [0.1, 0.15) is 48.9 Å². The Hall–Kier alpha value is -3.83. The van der Waals surface area contributed by atoms with Crippen molar-refractivity contribution >= 4 is 21.6 Å². The van der Waals surface area contributed by atoms with Crippen molar-refractivity contribution in [1.29, 1.82) is 10.5 Å². The van der Waals surface area contributed by atoms with Gasteiger partial charge in [0, 0.05) is 12.7 Å². The minimum Gasteiger partial charge on any atom is -0.315 e. The molecule has 0 aromatic heterocycles. The average molecular weight is 515 g/mol. The van der Waals surface area contributed by atoms with Crippen molar-refractivity contribution in [2.24, 2.45) is 0 Å². The van der Waals surface area contributed by atoms with E-state index >= 15 is 0 Å². The monoisotopic (exact) mass is 514 g/mol. The highest BCUT2D eigenvalue weighted by atomic mass is 32.2. The lowest BCUT2D eigenvalue weighted by molar-refractivity contribution is -0.137. The predicted molar refractivity (Wildman–Crippen MR) is 124 cm³/mol. The maximum Gasteiger partial charge on any atom is 0.416 e. The summed E-state index contributed by atoms with van der Waals surface area (Å²) in [6.45, 7) is 1.43. The van der Waals surface area contributed by atoms with Crippen molar-refractivity contribution in [3.05, 3.63) is 70.4 Å². The number of hydrogen-bond acceptors (Lipinski definition) is 5. The molecule has 0 N–H and O–H groups in total. The first kappa shape index (κ1) is 25.3. The van der Waals surface area contributed by atoms with Crippen molar-refractivity contribution in [1.82, 2.24) is 4.90 Å². The highest BCUT2D eigenvalue weighted by molar-refractivity contribution is 7.92. The fourth-order valence-corrected chi connectivity index (χ4v) is 6.60. The Labute approximate surface area is 206 Å². The van der Waals surface area contributed by atoms with Crippen LogP contribution in [0.4, 0.5) is 23.7 Å². The molecule has 7 nitrogen and oxygen atoms in total. The van der Waals surface area contributed by atoms with Crippen molar-refractivity contribution in [2.75, 3.05) is 11.9 Å². The molecular formula is C25H21F3N4O3S. The summed E-state index contributed by atoms with van der Waals surface area (Å²) in [5.41, 5.74) is -0.662. The minimum atomic E-state index is -4.63. The average Bonchev–Trinajstić information content (AvgIpc) is 2.79. The number of halogens is 3. The normalized spacial score (nSPS) is 19.1. The summed E-state index contributed by atoms with van der Waals surface area (Å²) in [6.07, 6.45) is -2.93. The molecule has 2 amide bonds. The SMILES string of the molecule is CC1=C(C#N)C(c2ccc(C#N)cc2S(=O)(=O)C2CCC2)N(C)C(=O)N1c1cccc(C(F)(F)F)c1. The number of nitrogens with zero attached hydrogens (tertiary/aromatic N) is 4. The smallest absolute Gasteiger partial charge is 0.315 e. The fraction of sp³-hybridized carbons (Fsp3) is 0.320. The van der Waals surface area contributed by atoms with Crippen LogP contribution in [-0.4, -0.2) is 31.6 Å². The van der Waals surface area contributed by atoms with Gasteiger partial charge in [0.15, 0.2) is 9.84 Å². The van der Waals surface area contributed by atoms with Crippen molar-refractivity contribution in [3.63, 3.8) is 0 Å². The fourth-order valence-electron chi connectivity index (χ4n) is 4.49. The quantitative estimate of drug-likeness (QED) is 0.550. The maximum absolute atomic E-state index is 13.5. The van der Waals surface area contributed by atoms with E-state index in [4.69, 9.17) is 0 Å². The molecule has 1 aliphatic heterocycles. The second-order valence-corrected chi connectivity index (χ2v) is 10.9. The standard InChI is InChI=1S/C25H21F3N4O3S/c1-15-21(14-30)23(20-10-9-16(13-29)11-22(20)36(34,35)19-7-4-8-19)31(2)24(33)32(15)18-6-3-5-17(12-18)25(26,27)28/h3,5-6,9-12,19,23H,4,7-8H2,1-2H3. The third kappa shape index (κ3) is 4.10. The van der Waals surface area contributed by atoms with Crippen LogP contribution in [0, 0.1) is 22.7 Å². The van der Waals surface area contributed by atoms with Crippen LogP contribution in [0.5, 0.6) is 0 Å². The molecule has 0 bridgehead atoms. The minimum absolute atomic E-state index is 0.00396. The summed E-state index contributed by atoms with van der Waals surface area (Å²) in [5, 5.41) is 18.8. The van der Waals surface area contributed by atoms with Gasteiger partial charge in [0.25, 0.3) is 0 Å². The molecule has 11 heteroatoms. The topological polar surface area (TPSA) is 105 Å². The van der Waals surface area contributed by atoms with E-state index in [2.05, 4.69) is 0 Å². The number of carbonyl (C=O) groups excluding carboxylic acids is 1. The van der Waals surface area contributed by atoms with E-state index in [1.54, 1.807) is 0 Å². The van der Waals surface area contributed by atoms with Crippen molar-refractivity contribution < 1.29 is 26.4 Å². The molecule has 186 valence electrons. The molecule has 1 heterocycles. The number of carbonyl (C=O) groups is 1. The van der Waals surface area contributed by atoms with E-state index < -0.39 is 38.9 Å². The third-order valence-electron chi connectivity index (χ3n) is 6.67. The van der Waals surface area contributed by atoms with E-state index in [9.17, 15) is 36.9 Å². The first-order valence-electron chi connectivity index (χ1n) is 11.0. The number of urea groups is 1. The van der Waals surface area contributed by atoms with Gasteiger partial charge in [0.05, 0.1) is 50.7 Å². The van der Waals surface area contributed by atoms with Gasteiger partial charge in [-0.15, -0.1) is 0 Å². The molecule has 0 saturated heterocycles. The van der Waals surface area contributed by atoms with Gasteiger partial charge < -0.3 is 4.90 Å². The summed E-state index contributed by atoms with van der Waals surface area (Å²) >= 11 is 0. The summed E-state index contributed by atoms with van der Waals surface area (Å²) in [7, 11) is -2.50. The number of amides is 2. The number of anilines is 1. The molecule has 1 unspecified atom stereocenters. The molecule has 36 heavy (non-hydrogen) atoms. The first-order valence-corrected chi connectivity index (χ1v) is 12.6. The van der Waals surface area contributed by atoms with Crippen LogP contribution in [0.15, 0.2) is 58.6 Å². The Morgan fingerprint density at radius 2 is 1.75 bits per heavy atom. The van der Waals surface area contributed by atoms with E-state index in [1.807, 2.05) is 12.1 Å². The Balaban J connectivity index is 1.90. The Kier molecular flexibility index (Phi) is 6.31. The van der Waals surface area contributed by atoms with Crippen molar-refractivity contribution in [3.8, 4) is 12.1 Å². The lowest BCUT2D eigenvalue weighted by Gasteiger charge is -2.40. The molecule has 2 aliphatic rings. The van der Waals surface area contributed by atoms with Gasteiger partial charge in [-0.2, -0.15) is 23.7 Å². The van der Waals surface area contributed by atoms with Gasteiger partial charge in [-0.1, -0.05) is 18.6 Å². The second-order valence-electron chi connectivity index (χ2n) is 8.75. The number of benzene rings is 2. The van der Waals surface area contributed by atoms with E-state index in [-0.39, 0.29) is 33.0 Å². The number of likely N-dealkylation sites (N-methyl/N-ethyl adjacent to an activating group) is 1. The van der Waals surface area contributed by atoms with Gasteiger partial charge >= 0.3 is 12.2 Å². The Bertz CT molecular complexity index is 1460. The van der Waals surface area contributed by atoms with Crippen LogP contribution >= 0.6 is 0 Å². The molecule has 4 rings (SSSR count). The molecule has 0 spiro atoms. The number of nitriles is 2.